The average Bonchev–Trinajstić information content (AvgIpc) is 1.37. The number of hydrogen-bond acceptors (Lipinski definition) is 1. The minimum Gasteiger partial charge on any atom is -0.385 e. The molecule has 0 rings (SSSR count). The maximum Gasteiger partial charge on any atom is 0.0463 e. The van der Waals surface area contributed by atoms with Crippen LogP contribution in [0.2, 0.25) is 0 Å². The quantitative estimate of drug-likeness (QED) is 0.622. The number of rotatable bonds is 1. The van der Waals surface area contributed by atoms with E-state index >= 15 is 0 Å². The first-order valence-electron chi connectivity index (χ1n) is 1.20. The third kappa shape index (κ3) is 11.4. The summed E-state index contributed by atoms with van der Waals surface area (Å²) in [7, 11) is 1.62. The van der Waals surface area contributed by atoms with Crippen LogP contribution in [0.4, 0.5) is 0 Å². The molecule has 0 aliphatic rings. The Morgan fingerprint density at radius 2 is 2.00 bits per heavy atom. The fourth-order valence-electron chi connectivity index (χ4n) is 0. The van der Waals surface area contributed by atoms with Crippen LogP contribution in [0.5, 0.6) is 0 Å². The second kappa shape index (κ2) is 8.86. The van der Waals surface area contributed by atoms with E-state index in [0.29, 0.717) is 6.61 Å². The molecule has 0 spiro atoms. The van der Waals surface area contributed by atoms with Crippen LogP contribution in [-0.4, -0.2) is 13.7 Å². The maximum absolute atomic E-state index is 4.43. The summed E-state index contributed by atoms with van der Waals surface area (Å²) in [6, 6.07) is 0. The van der Waals surface area contributed by atoms with E-state index in [-0.39, 0.29) is 27.7 Å². The van der Waals surface area contributed by atoms with Gasteiger partial charge in [0, 0.05) is 41.4 Å². The van der Waals surface area contributed by atoms with Gasteiger partial charge in [0.05, 0.1) is 0 Å². The molecule has 0 aromatic rings. The van der Waals surface area contributed by atoms with Crippen molar-refractivity contribution in [2.45, 2.75) is 0 Å². The molecule has 0 heterocycles. The molecule has 0 aliphatic carbocycles. The monoisotopic (exact) mass is 261 g/mol. The van der Waals surface area contributed by atoms with Gasteiger partial charge in [-0.1, -0.05) is 0 Å². The van der Waals surface area contributed by atoms with Crippen molar-refractivity contribution in [3.8, 4) is 0 Å². The van der Waals surface area contributed by atoms with Gasteiger partial charge in [0.15, 0.2) is 0 Å². The van der Waals surface area contributed by atoms with Crippen LogP contribution in [0.25, 0.3) is 0 Å². The maximum atomic E-state index is 4.43. The molecule has 0 aliphatic heterocycles. The Kier molecular flexibility index (Phi) is 16.5. The minimum absolute atomic E-state index is 0. The Bertz CT molecular complexity index is 8.85. The molecule has 0 unspecified atom stereocenters. The summed E-state index contributed by atoms with van der Waals surface area (Å²) in [4.78, 5) is 0. The van der Waals surface area contributed by atoms with Crippen molar-refractivity contribution in [2.24, 2.45) is 0 Å². The van der Waals surface area contributed by atoms with E-state index in [4.69, 9.17) is 0 Å². The van der Waals surface area contributed by atoms with Crippen molar-refractivity contribution in [3.63, 3.8) is 0 Å². The third-order valence-corrected chi connectivity index (χ3v) is 0.204. The zero-order chi connectivity index (χ0) is 3.41. The molecule has 0 saturated heterocycles. The Hall–Kier alpha value is 0.895. The minimum atomic E-state index is 0. The second-order valence-electron chi connectivity index (χ2n) is 0.493. The van der Waals surface area contributed by atoms with Gasteiger partial charge in [0.1, 0.15) is 0 Å². The van der Waals surface area contributed by atoms with E-state index in [1.807, 2.05) is 0 Å². The van der Waals surface area contributed by atoms with Crippen LogP contribution in [-0.2, 0) is 32.4 Å². The van der Waals surface area contributed by atoms with Gasteiger partial charge in [-0.2, -0.15) is 0 Å². The average molecular weight is 260 g/mol. The Morgan fingerprint density at radius 3 is 2.00 bits per heavy atom. The largest absolute Gasteiger partial charge is 0.385 e. The first kappa shape index (κ1) is 9.31. The molecule has 0 saturated carbocycles. The number of hydrogen-bond donors (Lipinski definition) is 0. The van der Waals surface area contributed by atoms with Crippen LogP contribution in [0, 0.1) is 6.92 Å². The van der Waals surface area contributed by atoms with E-state index in [1.54, 1.807) is 7.11 Å². The van der Waals surface area contributed by atoms with Gasteiger partial charge in [-0.25, -0.2) is 0 Å². The molecule has 0 amide bonds. The molecule has 0 fully saturated rings. The van der Waals surface area contributed by atoms with E-state index in [2.05, 4.69) is 11.7 Å². The molecular formula is C3H7HgO. The zero-order valence-corrected chi connectivity index (χ0v) is 9.03. The molecule has 5 heavy (non-hydrogen) atoms. The fraction of sp³-hybridized carbons (Fsp3) is 0.667. The SMILES string of the molecule is [CH2]COC.[Hg]. The van der Waals surface area contributed by atoms with Crippen molar-refractivity contribution in [2.75, 3.05) is 13.7 Å². The summed E-state index contributed by atoms with van der Waals surface area (Å²) in [5, 5.41) is 0. The summed E-state index contributed by atoms with van der Waals surface area (Å²) in [6.45, 7) is 3.95. The van der Waals surface area contributed by atoms with Crippen molar-refractivity contribution >= 4 is 0 Å². The van der Waals surface area contributed by atoms with Crippen LogP contribution in [0.1, 0.15) is 0 Å². The second-order valence-corrected chi connectivity index (χ2v) is 0.493. The normalized spacial score (nSPS) is 6.00. The van der Waals surface area contributed by atoms with Gasteiger partial charge in [-0.3, -0.25) is 0 Å². The summed E-state index contributed by atoms with van der Waals surface area (Å²) in [5.41, 5.74) is 0. The van der Waals surface area contributed by atoms with E-state index in [1.165, 1.54) is 0 Å². The van der Waals surface area contributed by atoms with Gasteiger partial charge >= 0.3 is 0 Å². The van der Waals surface area contributed by atoms with Crippen molar-refractivity contribution in [3.05, 3.63) is 6.92 Å². The molecule has 1 radical (unpaired) electrons. The predicted octanol–water partition coefficient (Wildman–Crippen LogP) is 0.464. The summed E-state index contributed by atoms with van der Waals surface area (Å²) >= 11 is 0. The first-order chi connectivity index (χ1) is 1.91. The Balaban J connectivity index is 0. The standard InChI is InChI=1S/C3H7O.Hg/c1-3-4-2;/h1,3H2,2H3;. The van der Waals surface area contributed by atoms with Crippen LogP contribution in [0.15, 0.2) is 0 Å². The Labute approximate surface area is 53.2 Å². The number of ether oxygens (including phenoxy) is 1. The number of methoxy groups -OCH3 is 1. The first-order valence-corrected chi connectivity index (χ1v) is 1.20. The molecule has 0 aromatic heterocycles. The van der Waals surface area contributed by atoms with Gasteiger partial charge in [-0.15, -0.1) is 0 Å². The van der Waals surface area contributed by atoms with Crippen molar-refractivity contribution in [1.82, 2.24) is 0 Å². The third-order valence-electron chi connectivity index (χ3n) is 0.204. The molecule has 2 heteroatoms. The van der Waals surface area contributed by atoms with Crippen LogP contribution >= 0.6 is 0 Å². The molecule has 0 N–H and O–H groups in total. The van der Waals surface area contributed by atoms with Gasteiger partial charge in [0.2, 0.25) is 0 Å². The van der Waals surface area contributed by atoms with E-state index in [9.17, 15) is 0 Å². The van der Waals surface area contributed by atoms with Crippen LogP contribution < -0.4 is 0 Å². The molecular weight excluding hydrogens is 253 g/mol. The van der Waals surface area contributed by atoms with Gasteiger partial charge in [-0.05, 0) is 6.92 Å². The van der Waals surface area contributed by atoms with Crippen LogP contribution in [0.3, 0.4) is 0 Å². The molecule has 0 atom stereocenters. The molecule has 0 bridgehead atoms. The summed E-state index contributed by atoms with van der Waals surface area (Å²) in [6.07, 6.45) is 0. The smallest absolute Gasteiger partial charge is 0.0463 e. The zero-order valence-electron chi connectivity index (χ0n) is 3.53. The van der Waals surface area contributed by atoms with Crippen molar-refractivity contribution < 1.29 is 32.4 Å². The van der Waals surface area contributed by atoms with E-state index < -0.39 is 0 Å². The molecule has 1 nitrogen and oxygen atoms in total. The molecule has 27 valence electrons. The van der Waals surface area contributed by atoms with E-state index in [0.717, 1.165) is 0 Å². The topological polar surface area (TPSA) is 9.23 Å². The van der Waals surface area contributed by atoms with Gasteiger partial charge < -0.3 is 4.74 Å². The predicted molar refractivity (Wildman–Crippen MR) is 17.2 cm³/mol. The Morgan fingerprint density at radius 1 is 1.80 bits per heavy atom. The summed E-state index contributed by atoms with van der Waals surface area (Å²) in [5.74, 6) is 0. The van der Waals surface area contributed by atoms with Gasteiger partial charge in [0.25, 0.3) is 0 Å². The fourth-order valence-corrected chi connectivity index (χ4v) is 0. The van der Waals surface area contributed by atoms with Crippen molar-refractivity contribution in [1.29, 1.82) is 0 Å². The molecule has 0 aromatic carbocycles. The summed E-state index contributed by atoms with van der Waals surface area (Å²) < 4.78 is 4.43.